The lowest BCUT2D eigenvalue weighted by molar-refractivity contribution is -0.129. The van der Waals surface area contributed by atoms with Gasteiger partial charge < -0.3 is 15.2 Å². The lowest BCUT2D eigenvalue weighted by atomic mass is 10.1. The molecule has 0 aliphatic heterocycles. The lowest BCUT2D eigenvalue weighted by Crippen LogP contribution is -2.32. The summed E-state index contributed by atoms with van der Waals surface area (Å²) >= 11 is 0. The Balaban J connectivity index is 1.65. The Kier molecular flexibility index (Phi) is 5.94. The van der Waals surface area contributed by atoms with Gasteiger partial charge in [0.25, 0.3) is 5.91 Å². The van der Waals surface area contributed by atoms with Crippen molar-refractivity contribution in [2.75, 3.05) is 13.2 Å². The molecule has 1 atom stereocenters. The number of ether oxygens (including phenoxy) is 1. The van der Waals surface area contributed by atoms with Crippen molar-refractivity contribution in [2.24, 2.45) is 0 Å². The molecule has 4 nitrogen and oxygen atoms in total. The molecule has 110 valence electrons. The van der Waals surface area contributed by atoms with E-state index in [2.05, 4.69) is 5.32 Å². The third-order valence-corrected chi connectivity index (χ3v) is 3.02. The minimum atomic E-state index is -1.14. The van der Waals surface area contributed by atoms with Gasteiger partial charge in [0.1, 0.15) is 0 Å². The van der Waals surface area contributed by atoms with Gasteiger partial charge in [-0.25, -0.2) is 0 Å². The van der Waals surface area contributed by atoms with Crippen LogP contribution in [0.3, 0.4) is 0 Å². The van der Waals surface area contributed by atoms with Crippen molar-refractivity contribution in [1.82, 2.24) is 5.32 Å². The summed E-state index contributed by atoms with van der Waals surface area (Å²) in [5.41, 5.74) is 1.67. The number of carbonyl (C=O) groups excluding carboxylic acids is 1. The maximum Gasteiger partial charge on any atom is 0.253 e. The SMILES string of the molecule is O=C(NCCOCc1ccccc1)C(O)c1ccccc1. The molecule has 2 aromatic rings. The summed E-state index contributed by atoms with van der Waals surface area (Å²) in [6, 6.07) is 18.7. The molecule has 0 bridgehead atoms. The van der Waals surface area contributed by atoms with E-state index in [-0.39, 0.29) is 0 Å². The van der Waals surface area contributed by atoms with Gasteiger partial charge in [-0.1, -0.05) is 60.7 Å². The molecule has 0 aromatic heterocycles. The van der Waals surface area contributed by atoms with Gasteiger partial charge in [-0.05, 0) is 11.1 Å². The minimum Gasteiger partial charge on any atom is -0.378 e. The van der Waals surface area contributed by atoms with E-state index < -0.39 is 12.0 Å². The first-order valence-corrected chi connectivity index (χ1v) is 6.90. The summed E-state index contributed by atoms with van der Waals surface area (Å²) in [5.74, 6) is -0.412. The molecule has 0 spiro atoms. The molecule has 21 heavy (non-hydrogen) atoms. The number of nitrogens with one attached hydrogen (secondary N) is 1. The molecular weight excluding hydrogens is 266 g/mol. The van der Waals surface area contributed by atoms with Gasteiger partial charge in [0.05, 0.1) is 13.2 Å². The molecule has 0 aliphatic carbocycles. The molecule has 1 amide bonds. The second kappa shape index (κ2) is 8.19. The van der Waals surface area contributed by atoms with Crippen LogP contribution in [-0.2, 0) is 16.1 Å². The number of aliphatic hydroxyl groups excluding tert-OH is 1. The number of hydrogen-bond donors (Lipinski definition) is 2. The summed E-state index contributed by atoms with van der Waals surface area (Å²) in [7, 11) is 0. The van der Waals surface area contributed by atoms with E-state index >= 15 is 0 Å². The van der Waals surface area contributed by atoms with E-state index in [1.54, 1.807) is 24.3 Å². The highest BCUT2D eigenvalue weighted by atomic mass is 16.5. The molecule has 0 aliphatic rings. The largest absolute Gasteiger partial charge is 0.378 e. The minimum absolute atomic E-state index is 0.371. The zero-order chi connectivity index (χ0) is 14.9. The smallest absolute Gasteiger partial charge is 0.253 e. The fourth-order valence-electron chi connectivity index (χ4n) is 1.89. The maximum atomic E-state index is 11.8. The molecule has 2 rings (SSSR count). The first-order valence-electron chi connectivity index (χ1n) is 6.90. The van der Waals surface area contributed by atoms with E-state index in [1.165, 1.54) is 0 Å². The predicted octanol–water partition coefficient (Wildman–Crippen LogP) is 2.05. The van der Waals surface area contributed by atoms with Gasteiger partial charge in [0.2, 0.25) is 0 Å². The third kappa shape index (κ3) is 5.02. The van der Waals surface area contributed by atoms with Crippen molar-refractivity contribution in [3.63, 3.8) is 0 Å². The van der Waals surface area contributed by atoms with Crippen LogP contribution in [-0.4, -0.2) is 24.2 Å². The summed E-state index contributed by atoms with van der Waals surface area (Å²) in [6.45, 7) is 1.29. The summed E-state index contributed by atoms with van der Waals surface area (Å²) < 4.78 is 5.46. The van der Waals surface area contributed by atoms with Crippen molar-refractivity contribution in [3.05, 3.63) is 71.8 Å². The van der Waals surface area contributed by atoms with Gasteiger partial charge in [-0.15, -0.1) is 0 Å². The van der Waals surface area contributed by atoms with E-state index in [1.807, 2.05) is 36.4 Å². The van der Waals surface area contributed by atoms with Gasteiger partial charge in [0.15, 0.2) is 6.10 Å². The van der Waals surface area contributed by atoms with Crippen LogP contribution in [0.15, 0.2) is 60.7 Å². The Bertz CT molecular complexity index is 542. The second-order valence-electron chi connectivity index (χ2n) is 4.64. The van der Waals surface area contributed by atoms with Crippen molar-refractivity contribution < 1.29 is 14.6 Å². The lowest BCUT2D eigenvalue weighted by Gasteiger charge is -2.11. The van der Waals surface area contributed by atoms with Gasteiger partial charge in [-0.3, -0.25) is 4.79 Å². The Hall–Kier alpha value is -2.17. The van der Waals surface area contributed by atoms with E-state index in [0.29, 0.717) is 25.3 Å². The van der Waals surface area contributed by atoms with Gasteiger partial charge >= 0.3 is 0 Å². The van der Waals surface area contributed by atoms with E-state index in [0.717, 1.165) is 5.56 Å². The third-order valence-electron chi connectivity index (χ3n) is 3.02. The number of benzene rings is 2. The highest BCUT2D eigenvalue weighted by molar-refractivity contribution is 5.81. The maximum absolute atomic E-state index is 11.8. The van der Waals surface area contributed by atoms with Crippen molar-refractivity contribution in [1.29, 1.82) is 0 Å². The van der Waals surface area contributed by atoms with Crippen LogP contribution >= 0.6 is 0 Å². The fourth-order valence-corrected chi connectivity index (χ4v) is 1.89. The van der Waals surface area contributed by atoms with Crippen LogP contribution in [0.1, 0.15) is 17.2 Å². The fraction of sp³-hybridized carbons (Fsp3) is 0.235. The number of aliphatic hydroxyl groups is 1. The van der Waals surface area contributed by atoms with Gasteiger partial charge in [-0.2, -0.15) is 0 Å². The average Bonchev–Trinajstić information content (AvgIpc) is 2.55. The number of rotatable bonds is 7. The van der Waals surface area contributed by atoms with Crippen LogP contribution in [0.2, 0.25) is 0 Å². The van der Waals surface area contributed by atoms with Crippen LogP contribution < -0.4 is 5.32 Å². The number of amides is 1. The molecular formula is C17H19NO3. The molecule has 0 heterocycles. The normalized spacial score (nSPS) is 11.9. The number of carbonyl (C=O) groups is 1. The number of hydrogen-bond acceptors (Lipinski definition) is 3. The zero-order valence-electron chi connectivity index (χ0n) is 11.7. The van der Waals surface area contributed by atoms with Crippen LogP contribution in [0.5, 0.6) is 0 Å². The monoisotopic (exact) mass is 285 g/mol. The molecule has 0 saturated carbocycles. The van der Waals surface area contributed by atoms with Crippen molar-refractivity contribution in [2.45, 2.75) is 12.7 Å². The second-order valence-corrected chi connectivity index (χ2v) is 4.64. The molecule has 2 aromatic carbocycles. The van der Waals surface area contributed by atoms with E-state index in [9.17, 15) is 9.90 Å². The predicted molar refractivity (Wildman–Crippen MR) is 80.5 cm³/mol. The van der Waals surface area contributed by atoms with E-state index in [4.69, 9.17) is 4.74 Å². The molecule has 2 N–H and O–H groups in total. The molecule has 4 heteroatoms. The molecule has 0 saturated heterocycles. The summed E-state index contributed by atoms with van der Waals surface area (Å²) in [4.78, 5) is 11.8. The Morgan fingerprint density at radius 1 is 1.05 bits per heavy atom. The van der Waals surface area contributed by atoms with Crippen LogP contribution in [0, 0.1) is 0 Å². The summed E-state index contributed by atoms with van der Waals surface area (Å²) in [6.07, 6.45) is -1.14. The highest BCUT2D eigenvalue weighted by Crippen LogP contribution is 2.11. The quantitative estimate of drug-likeness (QED) is 0.766. The van der Waals surface area contributed by atoms with Gasteiger partial charge in [0, 0.05) is 6.54 Å². The van der Waals surface area contributed by atoms with Crippen LogP contribution in [0.4, 0.5) is 0 Å². The molecule has 0 fully saturated rings. The topological polar surface area (TPSA) is 58.6 Å². The average molecular weight is 285 g/mol. The first-order chi connectivity index (χ1) is 10.3. The standard InChI is InChI=1S/C17H19NO3/c19-16(15-9-5-2-6-10-15)17(20)18-11-12-21-13-14-7-3-1-4-8-14/h1-10,16,19H,11-13H2,(H,18,20). The Morgan fingerprint density at radius 2 is 1.67 bits per heavy atom. The molecule has 0 radical (unpaired) electrons. The zero-order valence-corrected chi connectivity index (χ0v) is 11.7. The highest BCUT2D eigenvalue weighted by Gasteiger charge is 2.15. The van der Waals surface area contributed by atoms with Crippen molar-refractivity contribution in [3.8, 4) is 0 Å². The Morgan fingerprint density at radius 3 is 2.33 bits per heavy atom. The first kappa shape index (κ1) is 15.2. The van der Waals surface area contributed by atoms with Crippen LogP contribution in [0.25, 0.3) is 0 Å². The summed E-state index contributed by atoms with van der Waals surface area (Å²) in [5, 5.41) is 12.5. The Labute approximate surface area is 124 Å². The van der Waals surface area contributed by atoms with Crippen molar-refractivity contribution >= 4 is 5.91 Å². The molecule has 1 unspecified atom stereocenters.